The number of hydrogen-bond donors (Lipinski definition) is 1. The lowest BCUT2D eigenvalue weighted by Crippen LogP contribution is -2.43. The highest BCUT2D eigenvalue weighted by atomic mass is 19.1. The molecule has 1 aromatic rings. The van der Waals surface area contributed by atoms with E-state index in [2.05, 4.69) is 5.32 Å². The number of carbonyl (C=O) groups is 3. The number of nitrogens with one attached hydrogen (secondary N) is 1. The fraction of sp³-hybridized carbons (Fsp3) is 0.435. The van der Waals surface area contributed by atoms with Crippen molar-refractivity contribution in [2.75, 3.05) is 13.2 Å². The summed E-state index contributed by atoms with van der Waals surface area (Å²) in [4.78, 5) is 38.8. The molecule has 1 aliphatic heterocycles. The van der Waals surface area contributed by atoms with Crippen LogP contribution in [0.1, 0.15) is 45.6 Å². The molecule has 2 aliphatic rings. The Morgan fingerprint density at radius 1 is 1.17 bits per heavy atom. The molecular formula is C23H26FNO5. The minimum Gasteiger partial charge on any atom is -0.465 e. The molecule has 1 N–H and O–H groups in total. The van der Waals surface area contributed by atoms with Crippen LogP contribution in [0.2, 0.25) is 0 Å². The van der Waals surface area contributed by atoms with Crippen LogP contribution < -0.4 is 5.32 Å². The van der Waals surface area contributed by atoms with E-state index in [1.54, 1.807) is 39.0 Å². The van der Waals surface area contributed by atoms with Crippen molar-refractivity contribution in [3.05, 3.63) is 58.2 Å². The summed E-state index contributed by atoms with van der Waals surface area (Å²) < 4.78 is 25.2. The average molecular weight is 415 g/mol. The molecule has 0 saturated carbocycles. The molecular weight excluding hydrogens is 389 g/mol. The van der Waals surface area contributed by atoms with Gasteiger partial charge in [-0.2, -0.15) is 0 Å². The van der Waals surface area contributed by atoms with Crippen LogP contribution in [-0.4, -0.2) is 30.9 Å². The Morgan fingerprint density at radius 2 is 1.83 bits per heavy atom. The third kappa shape index (κ3) is 3.76. The molecule has 6 nitrogen and oxygen atoms in total. The number of rotatable bonds is 5. The summed E-state index contributed by atoms with van der Waals surface area (Å²) in [6.45, 7) is 7.16. The fourth-order valence-corrected chi connectivity index (χ4v) is 4.29. The number of benzene rings is 1. The van der Waals surface area contributed by atoms with Crippen LogP contribution in [0.15, 0.2) is 46.8 Å². The summed E-state index contributed by atoms with van der Waals surface area (Å²) >= 11 is 0. The van der Waals surface area contributed by atoms with Crippen molar-refractivity contribution in [3.63, 3.8) is 0 Å². The van der Waals surface area contributed by atoms with Crippen molar-refractivity contribution in [1.82, 2.24) is 5.32 Å². The zero-order chi connectivity index (χ0) is 22.0. The van der Waals surface area contributed by atoms with Gasteiger partial charge in [-0.1, -0.05) is 25.1 Å². The smallest absolute Gasteiger partial charge is 0.336 e. The first-order chi connectivity index (χ1) is 14.3. The number of halogens is 1. The Hall–Kier alpha value is -2.96. The third-order valence-corrected chi connectivity index (χ3v) is 5.54. The topological polar surface area (TPSA) is 81.7 Å². The van der Waals surface area contributed by atoms with E-state index in [-0.39, 0.29) is 35.8 Å². The van der Waals surface area contributed by atoms with Crippen LogP contribution in [0.25, 0.3) is 0 Å². The molecule has 30 heavy (non-hydrogen) atoms. The number of allylic oxidation sites excluding steroid dienone is 3. The van der Waals surface area contributed by atoms with Crippen molar-refractivity contribution in [3.8, 4) is 0 Å². The molecule has 0 spiro atoms. The number of esters is 2. The molecule has 0 amide bonds. The first-order valence-corrected chi connectivity index (χ1v) is 10.1. The predicted octanol–water partition coefficient (Wildman–Crippen LogP) is 3.39. The molecule has 0 bridgehead atoms. The van der Waals surface area contributed by atoms with E-state index in [4.69, 9.17) is 9.47 Å². The van der Waals surface area contributed by atoms with Crippen molar-refractivity contribution < 1.29 is 28.2 Å². The minimum absolute atomic E-state index is 0.141. The maximum Gasteiger partial charge on any atom is 0.336 e. The summed E-state index contributed by atoms with van der Waals surface area (Å²) in [6, 6.07) is 6.03. The van der Waals surface area contributed by atoms with Crippen molar-refractivity contribution in [2.24, 2.45) is 11.8 Å². The lowest BCUT2D eigenvalue weighted by molar-refractivity contribution is -0.153. The summed E-state index contributed by atoms with van der Waals surface area (Å²) in [5, 5.41) is 3.14. The molecule has 0 fully saturated rings. The predicted molar refractivity (Wildman–Crippen MR) is 108 cm³/mol. The van der Waals surface area contributed by atoms with E-state index in [9.17, 15) is 18.8 Å². The summed E-state index contributed by atoms with van der Waals surface area (Å²) in [5.41, 5.74) is 1.71. The third-order valence-electron chi connectivity index (χ3n) is 5.54. The van der Waals surface area contributed by atoms with Gasteiger partial charge in [0.15, 0.2) is 5.78 Å². The molecule has 0 aromatic heterocycles. The normalized spacial score (nSPS) is 23.6. The number of ketones is 1. The Labute approximate surface area is 175 Å². The second kappa shape index (κ2) is 8.81. The standard InChI is InChI=1S/C23H26FNO5/c1-5-29-22(27)17-12(3)11-16-20(21(17)26)19(14-9-7-8-10-15(14)24)18(13(4)25-16)23(28)30-6-2/h7-10,12,17,19,25H,5-6,11H2,1-4H3/t12-,17+,19+/m0/s1. The van der Waals surface area contributed by atoms with Gasteiger partial charge in [-0.15, -0.1) is 0 Å². The van der Waals surface area contributed by atoms with E-state index in [1.807, 2.05) is 6.92 Å². The molecule has 0 saturated heterocycles. The molecule has 1 aromatic carbocycles. The van der Waals surface area contributed by atoms with Crippen LogP contribution >= 0.6 is 0 Å². The van der Waals surface area contributed by atoms with Gasteiger partial charge >= 0.3 is 11.9 Å². The highest BCUT2D eigenvalue weighted by Crippen LogP contribution is 2.46. The molecule has 1 aliphatic carbocycles. The van der Waals surface area contributed by atoms with Gasteiger partial charge in [-0.05, 0) is 39.2 Å². The minimum atomic E-state index is -0.998. The number of Topliss-reactive ketones (excluding diaryl/α,β-unsaturated/α-hetero) is 1. The summed E-state index contributed by atoms with van der Waals surface area (Å²) in [6.07, 6.45) is 0.406. The second-order valence-electron chi connectivity index (χ2n) is 7.51. The molecule has 160 valence electrons. The summed E-state index contributed by atoms with van der Waals surface area (Å²) in [7, 11) is 0. The lowest BCUT2D eigenvalue weighted by atomic mass is 9.69. The first-order valence-electron chi connectivity index (χ1n) is 10.1. The van der Waals surface area contributed by atoms with Crippen LogP contribution in [0, 0.1) is 17.7 Å². The monoisotopic (exact) mass is 415 g/mol. The van der Waals surface area contributed by atoms with E-state index in [0.717, 1.165) is 0 Å². The molecule has 7 heteroatoms. The van der Waals surface area contributed by atoms with Gasteiger partial charge < -0.3 is 14.8 Å². The largest absolute Gasteiger partial charge is 0.465 e. The van der Waals surface area contributed by atoms with Crippen molar-refractivity contribution in [1.29, 1.82) is 0 Å². The SMILES string of the molecule is CCOC(=O)C1=C(C)NC2=C(C(=O)[C@H](C(=O)OCC)[C@@H](C)C2)[C@@H]1c1ccccc1F. The maximum atomic E-state index is 14.8. The Morgan fingerprint density at radius 3 is 2.47 bits per heavy atom. The Kier molecular flexibility index (Phi) is 6.39. The van der Waals surface area contributed by atoms with Gasteiger partial charge in [-0.25, -0.2) is 9.18 Å². The molecule has 0 radical (unpaired) electrons. The Balaban J connectivity index is 2.18. The lowest BCUT2D eigenvalue weighted by Gasteiger charge is -2.38. The van der Waals surface area contributed by atoms with Crippen LogP contribution in [0.3, 0.4) is 0 Å². The molecule has 3 rings (SSSR count). The maximum absolute atomic E-state index is 14.8. The van der Waals surface area contributed by atoms with E-state index >= 15 is 0 Å². The van der Waals surface area contributed by atoms with Crippen molar-refractivity contribution in [2.45, 2.75) is 40.0 Å². The van der Waals surface area contributed by atoms with Gasteiger partial charge in [-0.3, -0.25) is 9.59 Å². The quantitative estimate of drug-likeness (QED) is 0.586. The number of dihydropyridines is 1. The summed E-state index contributed by atoms with van der Waals surface area (Å²) in [5.74, 6) is -4.46. The van der Waals surface area contributed by atoms with Gasteiger partial charge in [0, 0.05) is 22.5 Å². The average Bonchev–Trinajstić information content (AvgIpc) is 2.67. The van der Waals surface area contributed by atoms with E-state index in [1.165, 1.54) is 6.07 Å². The van der Waals surface area contributed by atoms with E-state index in [0.29, 0.717) is 17.8 Å². The Bertz CT molecular complexity index is 949. The zero-order valence-corrected chi connectivity index (χ0v) is 17.6. The highest BCUT2D eigenvalue weighted by Gasteiger charge is 2.47. The number of ether oxygens (including phenoxy) is 2. The second-order valence-corrected chi connectivity index (χ2v) is 7.51. The molecule has 1 heterocycles. The molecule has 3 atom stereocenters. The fourth-order valence-electron chi connectivity index (χ4n) is 4.29. The zero-order valence-electron chi connectivity index (χ0n) is 17.6. The van der Waals surface area contributed by atoms with E-state index < -0.39 is 35.4 Å². The van der Waals surface area contributed by atoms with Gasteiger partial charge in [0.1, 0.15) is 11.7 Å². The van der Waals surface area contributed by atoms with Crippen LogP contribution in [0.5, 0.6) is 0 Å². The van der Waals surface area contributed by atoms with Crippen molar-refractivity contribution >= 4 is 17.7 Å². The van der Waals surface area contributed by atoms with Gasteiger partial charge in [0.05, 0.1) is 24.7 Å². The number of hydrogen-bond acceptors (Lipinski definition) is 6. The molecule has 0 unspecified atom stereocenters. The number of carbonyl (C=O) groups excluding carboxylic acids is 3. The van der Waals surface area contributed by atoms with Crippen LogP contribution in [-0.2, 0) is 23.9 Å². The van der Waals surface area contributed by atoms with Gasteiger partial charge in [0.25, 0.3) is 0 Å². The highest BCUT2D eigenvalue weighted by molar-refractivity contribution is 6.12. The van der Waals surface area contributed by atoms with Crippen LogP contribution in [0.4, 0.5) is 4.39 Å². The van der Waals surface area contributed by atoms with Gasteiger partial charge in [0.2, 0.25) is 0 Å². The first kappa shape index (κ1) is 21.7.